The van der Waals surface area contributed by atoms with Crippen LogP contribution in [-0.2, 0) is 13.0 Å². The van der Waals surface area contributed by atoms with E-state index in [9.17, 15) is 9.18 Å². The second-order valence-electron chi connectivity index (χ2n) is 4.91. The van der Waals surface area contributed by atoms with Crippen molar-refractivity contribution in [2.75, 3.05) is 0 Å². The van der Waals surface area contributed by atoms with E-state index in [2.05, 4.69) is 12.0 Å². The van der Waals surface area contributed by atoms with E-state index < -0.39 is 0 Å². The van der Waals surface area contributed by atoms with Gasteiger partial charge in [0, 0.05) is 24.2 Å². The maximum Gasteiger partial charge on any atom is 0.164 e. The molecule has 2 rings (SSSR count). The fourth-order valence-electron chi connectivity index (χ4n) is 2.45. The van der Waals surface area contributed by atoms with E-state index in [1.165, 1.54) is 29.8 Å². The van der Waals surface area contributed by atoms with Crippen LogP contribution in [0.15, 0.2) is 24.3 Å². The van der Waals surface area contributed by atoms with Crippen molar-refractivity contribution in [1.82, 2.24) is 9.78 Å². The van der Waals surface area contributed by atoms with Crippen LogP contribution in [0.25, 0.3) is 0 Å². The number of rotatable bonds is 5. The summed E-state index contributed by atoms with van der Waals surface area (Å²) in [6, 6.07) is 5.67. The largest absolute Gasteiger partial charge is 0.294 e. The summed E-state index contributed by atoms with van der Waals surface area (Å²) in [6.07, 6.45) is 1.32. The Bertz CT molecular complexity index is 614. The van der Waals surface area contributed by atoms with Crippen LogP contribution in [-0.4, -0.2) is 15.6 Å². The molecule has 20 heavy (non-hydrogen) atoms. The fourth-order valence-corrected chi connectivity index (χ4v) is 2.45. The molecule has 0 bridgehead atoms. The molecule has 0 radical (unpaired) electrons. The van der Waals surface area contributed by atoms with E-state index in [1.807, 2.05) is 18.5 Å². The van der Waals surface area contributed by atoms with Crippen LogP contribution in [0.1, 0.15) is 40.7 Å². The molecule has 0 aliphatic heterocycles. The SMILES string of the molecule is CCc1c(C)nn(CCC(=O)c2ccc(F)cc2)c1C. The predicted molar refractivity (Wildman–Crippen MR) is 76.4 cm³/mol. The van der Waals surface area contributed by atoms with Gasteiger partial charge in [-0.05, 0) is 50.1 Å². The van der Waals surface area contributed by atoms with Gasteiger partial charge < -0.3 is 0 Å². The average molecular weight is 274 g/mol. The second kappa shape index (κ2) is 5.99. The minimum atomic E-state index is -0.326. The molecule has 0 N–H and O–H groups in total. The Morgan fingerprint density at radius 2 is 1.90 bits per heavy atom. The fraction of sp³-hybridized carbons (Fsp3) is 0.375. The van der Waals surface area contributed by atoms with Gasteiger partial charge >= 0.3 is 0 Å². The number of hydrogen-bond acceptors (Lipinski definition) is 2. The molecule has 3 nitrogen and oxygen atoms in total. The highest BCUT2D eigenvalue weighted by Gasteiger charge is 2.11. The first-order chi connectivity index (χ1) is 9.52. The van der Waals surface area contributed by atoms with Crippen molar-refractivity contribution >= 4 is 5.78 Å². The molecule has 0 saturated carbocycles. The number of carbonyl (C=O) groups is 1. The number of aromatic nitrogens is 2. The summed E-state index contributed by atoms with van der Waals surface area (Å²) in [7, 11) is 0. The number of aryl methyl sites for hydroxylation is 2. The highest BCUT2D eigenvalue weighted by Crippen LogP contribution is 2.14. The summed E-state index contributed by atoms with van der Waals surface area (Å²) < 4.78 is 14.7. The zero-order valence-corrected chi connectivity index (χ0v) is 12.1. The number of ketones is 1. The molecule has 0 atom stereocenters. The Balaban J connectivity index is 2.05. The molecule has 1 aromatic carbocycles. The van der Waals surface area contributed by atoms with E-state index in [0.717, 1.165) is 17.8 Å². The summed E-state index contributed by atoms with van der Waals surface area (Å²) in [4.78, 5) is 12.0. The van der Waals surface area contributed by atoms with Gasteiger partial charge in [0.15, 0.2) is 5.78 Å². The monoisotopic (exact) mass is 274 g/mol. The van der Waals surface area contributed by atoms with Gasteiger partial charge in [-0.15, -0.1) is 0 Å². The molecule has 1 heterocycles. The van der Waals surface area contributed by atoms with E-state index >= 15 is 0 Å². The first-order valence-electron chi connectivity index (χ1n) is 6.84. The lowest BCUT2D eigenvalue weighted by Crippen LogP contribution is -2.09. The minimum absolute atomic E-state index is 0.00982. The topological polar surface area (TPSA) is 34.9 Å². The maximum atomic E-state index is 12.8. The number of halogens is 1. The molecule has 0 unspecified atom stereocenters. The molecule has 106 valence electrons. The van der Waals surface area contributed by atoms with Crippen LogP contribution in [0.3, 0.4) is 0 Å². The van der Waals surface area contributed by atoms with Crippen molar-refractivity contribution in [2.45, 2.75) is 40.2 Å². The quantitative estimate of drug-likeness (QED) is 0.782. The molecule has 2 aromatic rings. The van der Waals surface area contributed by atoms with Crippen LogP contribution >= 0.6 is 0 Å². The van der Waals surface area contributed by atoms with E-state index in [0.29, 0.717) is 18.5 Å². The maximum absolute atomic E-state index is 12.8. The molecule has 1 aromatic heterocycles. The molecule has 0 aliphatic carbocycles. The van der Waals surface area contributed by atoms with E-state index in [4.69, 9.17) is 0 Å². The third kappa shape index (κ3) is 2.95. The summed E-state index contributed by atoms with van der Waals surface area (Å²) in [6.45, 7) is 6.68. The van der Waals surface area contributed by atoms with Crippen molar-refractivity contribution in [3.05, 3.63) is 52.6 Å². The number of Topliss-reactive ketones (excluding diaryl/α,β-unsaturated/α-hetero) is 1. The van der Waals surface area contributed by atoms with Crippen LogP contribution < -0.4 is 0 Å². The molecule has 0 aliphatic rings. The molecule has 0 amide bonds. The Morgan fingerprint density at radius 1 is 1.25 bits per heavy atom. The predicted octanol–water partition coefficient (Wildman–Crippen LogP) is 3.47. The van der Waals surface area contributed by atoms with Crippen molar-refractivity contribution in [3.63, 3.8) is 0 Å². The zero-order valence-electron chi connectivity index (χ0n) is 12.1. The third-order valence-corrected chi connectivity index (χ3v) is 3.60. The third-order valence-electron chi connectivity index (χ3n) is 3.60. The molecule has 0 spiro atoms. The normalized spacial score (nSPS) is 10.8. The van der Waals surface area contributed by atoms with Gasteiger partial charge in [0.25, 0.3) is 0 Å². The van der Waals surface area contributed by atoms with Crippen LogP contribution in [0, 0.1) is 19.7 Å². The summed E-state index contributed by atoms with van der Waals surface area (Å²) in [5.41, 5.74) is 3.94. The number of nitrogens with zero attached hydrogens (tertiary/aromatic N) is 2. The first-order valence-corrected chi connectivity index (χ1v) is 6.84. The van der Waals surface area contributed by atoms with Gasteiger partial charge in [0.05, 0.1) is 5.69 Å². The van der Waals surface area contributed by atoms with Crippen LogP contribution in [0.5, 0.6) is 0 Å². The summed E-state index contributed by atoms with van der Waals surface area (Å²) in [5.74, 6) is -0.316. The van der Waals surface area contributed by atoms with Gasteiger partial charge in [-0.2, -0.15) is 5.10 Å². The van der Waals surface area contributed by atoms with E-state index in [1.54, 1.807) is 0 Å². The zero-order chi connectivity index (χ0) is 14.7. The van der Waals surface area contributed by atoms with Crippen molar-refractivity contribution in [3.8, 4) is 0 Å². The summed E-state index contributed by atoms with van der Waals surface area (Å²) in [5, 5.41) is 4.47. The van der Waals surface area contributed by atoms with Gasteiger partial charge in [-0.25, -0.2) is 4.39 Å². The Kier molecular flexibility index (Phi) is 4.32. The minimum Gasteiger partial charge on any atom is -0.294 e. The van der Waals surface area contributed by atoms with Gasteiger partial charge in [0.1, 0.15) is 5.82 Å². The number of hydrogen-bond donors (Lipinski definition) is 0. The number of benzene rings is 1. The standard InChI is InChI=1S/C16H19FN2O/c1-4-15-11(2)18-19(12(15)3)10-9-16(20)13-5-7-14(17)8-6-13/h5-8H,4,9-10H2,1-3H3. The Morgan fingerprint density at radius 3 is 2.45 bits per heavy atom. The second-order valence-corrected chi connectivity index (χ2v) is 4.91. The smallest absolute Gasteiger partial charge is 0.164 e. The van der Waals surface area contributed by atoms with Gasteiger partial charge in [0.2, 0.25) is 0 Å². The lowest BCUT2D eigenvalue weighted by molar-refractivity contribution is 0.0975. The Labute approximate surface area is 118 Å². The average Bonchev–Trinajstić information content (AvgIpc) is 2.71. The van der Waals surface area contributed by atoms with Crippen LogP contribution in [0.4, 0.5) is 4.39 Å². The molecule has 0 fully saturated rings. The molecular formula is C16H19FN2O. The number of carbonyl (C=O) groups excluding carboxylic acids is 1. The lowest BCUT2D eigenvalue weighted by atomic mass is 10.1. The van der Waals surface area contributed by atoms with Gasteiger partial charge in [-0.1, -0.05) is 6.92 Å². The lowest BCUT2D eigenvalue weighted by Gasteiger charge is -2.05. The highest BCUT2D eigenvalue weighted by atomic mass is 19.1. The Hall–Kier alpha value is -1.97. The van der Waals surface area contributed by atoms with Crippen molar-refractivity contribution in [1.29, 1.82) is 0 Å². The molecule has 0 saturated heterocycles. The first kappa shape index (κ1) is 14.4. The van der Waals surface area contributed by atoms with Gasteiger partial charge in [-0.3, -0.25) is 9.48 Å². The van der Waals surface area contributed by atoms with Crippen LogP contribution in [0.2, 0.25) is 0 Å². The van der Waals surface area contributed by atoms with E-state index in [-0.39, 0.29) is 11.6 Å². The van der Waals surface area contributed by atoms with Crippen molar-refractivity contribution < 1.29 is 9.18 Å². The molecule has 4 heteroatoms. The summed E-state index contributed by atoms with van der Waals surface area (Å²) >= 11 is 0. The van der Waals surface area contributed by atoms with Crippen molar-refractivity contribution in [2.24, 2.45) is 0 Å². The highest BCUT2D eigenvalue weighted by molar-refractivity contribution is 5.95. The molecular weight excluding hydrogens is 255 g/mol.